The lowest BCUT2D eigenvalue weighted by atomic mass is 10.1. The summed E-state index contributed by atoms with van der Waals surface area (Å²) in [5.41, 5.74) is 4.62. The molecule has 6 heteroatoms. The summed E-state index contributed by atoms with van der Waals surface area (Å²) in [7, 11) is 0. The van der Waals surface area contributed by atoms with E-state index in [4.69, 9.17) is 0 Å². The second kappa shape index (κ2) is 7.00. The van der Waals surface area contributed by atoms with Crippen molar-refractivity contribution in [1.82, 2.24) is 14.8 Å². The fourth-order valence-electron chi connectivity index (χ4n) is 3.34. The van der Waals surface area contributed by atoms with Crippen LogP contribution in [0.15, 0.2) is 61.2 Å². The molecule has 1 heterocycles. The Morgan fingerprint density at radius 2 is 1.92 bits per heavy atom. The van der Waals surface area contributed by atoms with Gasteiger partial charge in [0.15, 0.2) is 0 Å². The van der Waals surface area contributed by atoms with Crippen LogP contribution in [-0.2, 0) is 11.2 Å². The molecule has 1 aliphatic carbocycles. The first-order chi connectivity index (χ1) is 12.7. The Morgan fingerprint density at radius 3 is 2.69 bits per heavy atom. The number of benzene rings is 2. The molecule has 4 rings (SSSR count). The first-order valence-electron chi connectivity index (χ1n) is 8.80. The minimum atomic E-state index is -0.412. The molecule has 0 unspecified atom stereocenters. The molecule has 1 aromatic heterocycles. The summed E-state index contributed by atoms with van der Waals surface area (Å²) in [6.07, 6.45) is 5.18. The van der Waals surface area contributed by atoms with Crippen LogP contribution in [0.3, 0.4) is 0 Å². The second-order valence-corrected chi connectivity index (χ2v) is 6.55. The Kier molecular flexibility index (Phi) is 4.39. The van der Waals surface area contributed by atoms with Crippen LogP contribution in [0.25, 0.3) is 0 Å². The van der Waals surface area contributed by atoms with Gasteiger partial charge in [-0.15, -0.1) is 0 Å². The highest BCUT2D eigenvalue weighted by molar-refractivity contribution is 5.93. The molecule has 6 nitrogen and oxygen atoms in total. The topological polar surface area (TPSA) is 71.8 Å². The molecule has 0 bridgehead atoms. The van der Waals surface area contributed by atoms with E-state index in [1.54, 1.807) is 6.92 Å². The molecular formula is C20H21N5O. The summed E-state index contributed by atoms with van der Waals surface area (Å²) in [5.74, 6) is -0.124. The van der Waals surface area contributed by atoms with Crippen molar-refractivity contribution < 1.29 is 4.79 Å². The van der Waals surface area contributed by atoms with E-state index in [1.165, 1.54) is 28.5 Å². The lowest BCUT2D eigenvalue weighted by Gasteiger charge is -2.16. The van der Waals surface area contributed by atoms with Gasteiger partial charge in [0.1, 0.15) is 18.7 Å². The summed E-state index contributed by atoms with van der Waals surface area (Å²) in [6, 6.07) is 16.3. The summed E-state index contributed by atoms with van der Waals surface area (Å²) >= 11 is 0. The number of aromatic nitrogens is 3. The monoisotopic (exact) mass is 347 g/mol. The van der Waals surface area contributed by atoms with Gasteiger partial charge in [-0.3, -0.25) is 4.79 Å². The first-order valence-corrected chi connectivity index (χ1v) is 8.80. The lowest BCUT2D eigenvalue weighted by Crippen LogP contribution is -2.24. The molecule has 1 aliphatic rings. The van der Waals surface area contributed by atoms with Crippen molar-refractivity contribution in [2.75, 3.05) is 10.6 Å². The lowest BCUT2D eigenvalue weighted by molar-refractivity contribution is -0.119. The van der Waals surface area contributed by atoms with Gasteiger partial charge in [0.05, 0.1) is 6.04 Å². The molecule has 1 amide bonds. The Labute approximate surface area is 152 Å². The molecule has 3 aromatic rings. The number of hydrogen-bond acceptors (Lipinski definition) is 4. The van der Waals surface area contributed by atoms with Crippen molar-refractivity contribution in [3.8, 4) is 0 Å². The van der Waals surface area contributed by atoms with Gasteiger partial charge in [0, 0.05) is 11.4 Å². The van der Waals surface area contributed by atoms with Crippen molar-refractivity contribution in [1.29, 1.82) is 0 Å². The van der Waals surface area contributed by atoms with Crippen LogP contribution in [0.5, 0.6) is 0 Å². The average molecular weight is 347 g/mol. The van der Waals surface area contributed by atoms with E-state index in [2.05, 4.69) is 45.0 Å². The van der Waals surface area contributed by atoms with Gasteiger partial charge in [-0.2, -0.15) is 5.10 Å². The molecule has 0 fully saturated rings. The first kappa shape index (κ1) is 16.3. The third-order valence-electron chi connectivity index (χ3n) is 4.84. The van der Waals surface area contributed by atoms with Crippen LogP contribution < -0.4 is 10.6 Å². The number of anilines is 2. The van der Waals surface area contributed by atoms with E-state index in [1.807, 2.05) is 24.3 Å². The normalized spacial score (nSPS) is 16.7. The summed E-state index contributed by atoms with van der Waals surface area (Å²) in [6.45, 7) is 1.79. The summed E-state index contributed by atoms with van der Waals surface area (Å²) in [5, 5.41) is 10.5. The number of nitrogens with zero attached hydrogens (tertiary/aromatic N) is 3. The molecule has 132 valence electrons. The smallest absolute Gasteiger partial charge is 0.249 e. The Morgan fingerprint density at radius 1 is 1.15 bits per heavy atom. The Hall–Kier alpha value is -3.15. The predicted molar refractivity (Wildman–Crippen MR) is 101 cm³/mol. The fraction of sp³-hybridized carbons (Fsp3) is 0.250. The molecule has 26 heavy (non-hydrogen) atoms. The van der Waals surface area contributed by atoms with Crippen LogP contribution >= 0.6 is 0 Å². The molecule has 0 aliphatic heterocycles. The van der Waals surface area contributed by atoms with Crippen LogP contribution in [0.4, 0.5) is 11.4 Å². The van der Waals surface area contributed by atoms with E-state index in [0.717, 1.165) is 24.2 Å². The van der Waals surface area contributed by atoms with Crippen molar-refractivity contribution in [3.63, 3.8) is 0 Å². The quantitative estimate of drug-likeness (QED) is 0.740. The van der Waals surface area contributed by atoms with Gasteiger partial charge in [-0.05, 0) is 55.2 Å². The highest BCUT2D eigenvalue weighted by Crippen LogP contribution is 2.33. The number of carbonyl (C=O) groups excluding carboxylic acids is 1. The maximum absolute atomic E-state index is 12.3. The van der Waals surface area contributed by atoms with Crippen molar-refractivity contribution in [3.05, 3.63) is 72.3 Å². The zero-order valence-corrected chi connectivity index (χ0v) is 14.6. The van der Waals surface area contributed by atoms with E-state index >= 15 is 0 Å². The Balaban J connectivity index is 1.39. The Bertz CT molecular complexity index is 889. The molecule has 2 atom stereocenters. The number of amides is 1. The van der Waals surface area contributed by atoms with Crippen LogP contribution in [0, 0.1) is 0 Å². The largest absolute Gasteiger partial charge is 0.378 e. The van der Waals surface area contributed by atoms with Crippen molar-refractivity contribution >= 4 is 17.3 Å². The molecule has 2 N–H and O–H groups in total. The highest BCUT2D eigenvalue weighted by atomic mass is 16.2. The SMILES string of the molecule is C[C@@H](C(=O)Nc1ccc(N[C@H]2CCc3ccccc32)cc1)n1cncn1. The summed E-state index contributed by atoms with van der Waals surface area (Å²) < 4.78 is 1.53. The second-order valence-electron chi connectivity index (χ2n) is 6.55. The highest BCUT2D eigenvalue weighted by Gasteiger charge is 2.21. The number of nitrogens with one attached hydrogen (secondary N) is 2. The fourth-order valence-corrected chi connectivity index (χ4v) is 3.34. The molecule has 0 radical (unpaired) electrons. The third kappa shape index (κ3) is 3.31. The standard InChI is InChI=1S/C20H21N5O/c1-14(25-13-21-12-22-25)20(26)24-17-9-7-16(8-10-17)23-19-11-6-15-4-2-3-5-18(15)19/h2-5,7-10,12-14,19,23H,6,11H2,1H3,(H,24,26)/t14-,19-/m0/s1. The van der Waals surface area contributed by atoms with Crippen molar-refractivity contribution in [2.45, 2.75) is 31.8 Å². The minimum Gasteiger partial charge on any atom is -0.378 e. The number of carbonyl (C=O) groups is 1. The zero-order chi connectivity index (χ0) is 17.9. The third-order valence-corrected chi connectivity index (χ3v) is 4.84. The predicted octanol–water partition coefficient (Wildman–Crippen LogP) is 3.58. The van der Waals surface area contributed by atoms with Crippen LogP contribution in [-0.4, -0.2) is 20.7 Å². The number of rotatable bonds is 5. The van der Waals surface area contributed by atoms with Gasteiger partial charge < -0.3 is 10.6 Å². The maximum Gasteiger partial charge on any atom is 0.249 e. The zero-order valence-electron chi connectivity index (χ0n) is 14.6. The van der Waals surface area contributed by atoms with E-state index in [-0.39, 0.29) is 5.91 Å². The summed E-state index contributed by atoms with van der Waals surface area (Å²) in [4.78, 5) is 16.2. The van der Waals surface area contributed by atoms with Gasteiger partial charge in [0.2, 0.25) is 5.91 Å². The van der Waals surface area contributed by atoms with Crippen LogP contribution in [0.2, 0.25) is 0 Å². The molecular weight excluding hydrogens is 326 g/mol. The molecule has 0 saturated carbocycles. The molecule has 0 spiro atoms. The number of aryl methyl sites for hydroxylation is 1. The van der Waals surface area contributed by atoms with Gasteiger partial charge in [-0.1, -0.05) is 24.3 Å². The van der Waals surface area contributed by atoms with E-state index in [0.29, 0.717) is 6.04 Å². The molecule has 0 saturated heterocycles. The van der Waals surface area contributed by atoms with Crippen LogP contribution in [0.1, 0.15) is 36.6 Å². The van der Waals surface area contributed by atoms with E-state index < -0.39 is 6.04 Å². The van der Waals surface area contributed by atoms with E-state index in [9.17, 15) is 4.79 Å². The van der Waals surface area contributed by atoms with Crippen molar-refractivity contribution in [2.24, 2.45) is 0 Å². The van der Waals surface area contributed by atoms with Gasteiger partial charge >= 0.3 is 0 Å². The van der Waals surface area contributed by atoms with Gasteiger partial charge in [0.25, 0.3) is 0 Å². The average Bonchev–Trinajstić information content (AvgIpc) is 3.33. The number of fused-ring (bicyclic) bond motifs is 1. The van der Waals surface area contributed by atoms with Gasteiger partial charge in [-0.25, -0.2) is 9.67 Å². The maximum atomic E-state index is 12.3. The minimum absolute atomic E-state index is 0.124. The number of hydrogen-bond donors (Lipinski definition) is 2. The molecule has 2 aromatic carbocycles.